The first kappa shape index (κ1) is 7.29. The Hall–Kier alpha value is -1.37. The first-order chi connectivity index (χ1) is 5.86. The molecule has 0 unspecified atom stereocenters. The monoisotopic (exact) mass is 157 g/mol. The van der Waals surface area contributed by atoms with Crippen molar-refractivity contribution < 1.29 is 0 Å². The maximum absolute atomic E-state index is 4.36. The largest absolute Gasteiger partial charge is 0.260 e. The fourth-order valence-electron chi connectivity index (χ4n) is 1.31. The third-order valence-electron chi connectivity index (χ3n) is 1.96. The number of aryl methyl sites for hydroxylation is 1. The molecule has 1 aliphatic heterocycles. The van der Waals surface area contributed by atoms with E-state index < -0.39 is 0 Å². The van der Waals surface area contributed by atoms with Crippen LogP contribution in [0.2, 0.25) is 0 Å². The van der Waals surface area contributed by atoms with Gasteiger partial charge in [0.15, 0.2) is 0 Å². The van der Waals surface area contributed by atoms with Crippen LogP contribution < -0.4 is 0 Å². The molecule has 60 valence electrons. The van der Waals surface area contributed by atoms with Gasteiger partial charge in [-0.15, -0.1) is 0 Å². The van der Waals surface area contributed by atoms with Crippen molar-refractivity contribution in [3.8, 4) is 0 Å². The van der Waals surface area contributed by atoms with Gasteiger partial charge in [-0.1, -0.05) is 24.3 Å². The minimum absolute atomic E-state index is 0.938. The molecular formula is C11H11N. The minimum atomic E-state index is 0.938. The van der Waals surface area contributed by atoms with Crippen molar-refractivity contribution in [3.63, 3.8) is 0 Å². The number of nitrogens with zero attached hydrogens (tertiary/aromatic N) is 1. The Bertz CT molecular complexity index is 348. The molecule has 0 fully saturated rings. The number of hydrogen-bond donors (Lipinski definition) is 0. The molecule has 0 atom stereocenters. The van der Waals surface area contributed by atoms with Crippen molar-refractivity contribution in [2.75, 3.05) is 0 Å². The van der Waals surface area contributed by atoms with Crippen LogP contribution >= 0.6 is 0 Å². The standard InChI is InChI=1S/C11H11N/c1-9-5-6-10-4-2-3-7-12-11(10)8-9/h2,4-8H,3H2,1H3. The SMILES string of the molecule is Cc1ccc2c(c1)N=CCC=C2. The molecule has 1 aromatic rings. The summed E-state index contributed by atoms with van der Waals surface area (Å²) in [6.07, 6.45) is 7.14. The molecule has 2 rings (SSSR count). The van der Waals surface area contributed by atoms with Gasteiger partial charge in [0.2, 0.25) is 0 Å². The van der Waals surface area contributed by atoms with Gasteiger partial charge in [-0.3, -0.25) is 4.99 Å². The molecule has 1 heteroatoms. The van der Waals surface area contributed by atoms with Crippen LogP contribution in [0.3, 0.4) is 0 Å². The lowest BCUT2D eigenvalue weighted by Crippen LogP contribution is -1.75. The number of benzene rings is 1. The number of allylic oxidation sites excluding steroid dienone is 1. The van der Waals surface area contributed by atoms with Crippen LogP contribution in [0, 0.1) is 6.92 Å². The highest BCUT2D eigenvalue weighted by Gasteiger charge is 1.98. The molecule has 0 aromatic heterocycles. The summed E-state index contributed by atoms with van der Waals surface area (Å²) >= 11 is 0. The first-order valence-corrected chi connectivity index (χ1v) is 4.16. The molecule has 0 N–H and O–H groups in total. The Morgan fingerprint density at radius 1 is 1.33 bits per heavy atom. The molecule has 1 nitrogen and oxygen atoms in total. The second kappa shape index (κ2) is 2.94. The molecule has 0 radical (unpaired) electrons. The van der Waals surface area contributed by atoms with Gasteiger partial charge in [0.05, 0.1) is 5.69 Å². The van der Waals surface area contributed by atoms with Crippen LogP contribution in [0.1, 0.15) is 17.5 Å². The van der Waals surface area contributed by atoms with E-state index in [0.717, 1.165) is 12.1 Å². The maximum Gasteiger partial charge on any atom is 0.0700 e. The fraction of sp³-hybridized carbons (Fsp3) is 0.182. The Morgan fingerprint density at radius 2 is 2.25 bits per heavy atom. The molecule has 0 bridgehead atoms. The van der Waals surface area contributed by atoms with Gasteiger partial charge >= 0.3 is 0 Å². The Labute approximate surface area is 72.5 Å². The predicted molar refractivity (Wildman–Crippen MR) is 53.0 cm³/mol. The topological polar surface area (TPSA) is 12.4 Å². The lowest BCUT2D eigenvalue weighted by Gasteiger charge is -1.99. The second-order valence-corrected chi connectivity index (χ2v) is 3.01. The van der Waals surface area contributed by atoms with Gasteiger partial charge in [-0.25, -0.2) is 0 Å². The lowest BCUT2D eigenvalue weighted by molar-refractivity contribution is 1.42. The molecule has 1 aliphatic rings. The molecule has 0 amide bonds. The van der Waals surface area contributed by atoms with Crippen molar-refractivity contribution in [1.82, 2.24) is 0 Å². The highest BCUT2D eigenvalue weighted by Crippen LogP contribution is 2.23. The van der Waals surface area contributed by atoms with E-state index >= 15 is 0 Å². The smallest absolute Gasteiger partial charge is 0.0700 e. The van der Waals surface area contributed by atoms with E-state index in [4.69, 9.17) is 0 Å². The van der Waals surface area contributed by atoms with E-state index in [9.17, 15) is 0 Å². The Balaban J connectivity index is 2.58. The van der Waals surface area contributed by atoms with Crippen molar-refractivity contribution in [2.24, 2.45) is 4.99 Å². The number of fused-ring (bicyclic) bond motifs is 1. The summed E-state index contributed by atoms with van der Waals surface area (Å²) in [7, 11) is 0. The van der Waals surface area contributed by atoms with E-state index in [-0.39, 0.29) is 0 Å². The van der Waals surface area contributed by atoms with E-state index in [1.54, 1.807) is 0 Å². The lowest BCUT2D eigenvalue weighted by atomic mass is 10.1. The molecule has 0 saturated carbocycles. The summed E-state index contributed by atoms with van der Waals surface area (Å²) in [4.78, 5) is 4.36. The third-order valence-corrected chi connectivity index (χ3v) is 1.96. The first-order valence-electron chi connectivity index (χ1n) is 4.16. The molecule has 12 heavy (non-hydrogen) atoms. The van der Waals surface area contributed by atoms with Crippen LogP contribution in [0.25, 0.3) is 6.08 Å². The van der Waals surface area contributed by atoms with Crippen LogP contribution in [0.4, 0.5) is 5.69 Å². The van der Waals surface area contributed by atoms with Crippen LogP contribution in [-0.2, 0) is 0 Å². The number of rotatable bonds is 0. The minimum Gasteiger partial charge on any atom is -0.260 e. The molecule has 1 heterocycles. The van der Waals surface area contributed by atoms with E-state index in [1.807, 2.05) is 6.21 Å². The van der Waals surface area contributed by atoms with Gasteiger partial charge in [0, 0.05) is 12.6 Å². The van der Waals surface area contributed by atoms with Crippen molar-refractivity contribution >= 4 is 18.0 Å². The van der Waals surface area contributed by atoms with E-state index in [2.05, 4.69) is 42.3 Å². The van der Waals surface area contributed by atoms with Crippen molar-refractivity contribution in [3.05, 3.63) is 35.4 Å². The summed E-state index contributed by atoms with van der Waals surface area (Å²) in [5.74, 6) is 0. The number of aliphatic imine (C=N–C) groups is 1. The molecule has 0 saturated heterocycles. The van der Waals surface area contributed by atoms with Gasteiger partial charge in [-0.05, 0) is 24.1 Å². The van der Waals surface area contributed by atoms with E-state index in [1.165, 1.54) is 11.1 Å². The average molecular weight is 157 g/mol. The quantitative estimate of drug-likeness (QED) is 0.548. The zero-order valence-electron chi connectivity index (χ0n) is 7.12. The Morgan fingerprint density at radius 3 is 3.17 bits per heavy atom. The average Bonchev–Trinajstić information content (AvgIpc) is 2.28. The van der Waals surface area contributed by atoms with E-state index in [0.29, 0.717) is 0 Å². The van der Waals surface area contributed by atoms with Gasteiger partial charge in [0.1, 0.15) is 0 Å². The highest BCUT2D eigenvalue weighted by molar-refractivity contribution is 5.75. The summed E-state index contributed by atoms with van der Waals surface area (Å²) in [6, 6.07) is 6.34. The zero-order valence-corrected chi connectivity index (χ0v) is 7.12. The van der Waals surface area contributed by atoms with Crippen molar-refractivity contribution in [2.45, 2.75) is 13.3 Å². The number of hydrogen-bond acceptors (Lipinski definition) is 1. The molecular weight excluding hydrogens is 146 g/mol. The normalized spacial score (nSPS) is 14.1. The molecule has 0 spiro atoms. The second-order valence-electron chi connectivity index (χ2n) is 3.01. The summed E-state index contributed by atoms with van der Waals surface area (Å²) in [6.45, 7) is 2.09. The summed E-state index contributed by atoms with van der Waals surface area (Å²) in [5.41, 5.74) is 3.57. The van der Waals surface area contributed by atoms with Gasteiger partial charge in [0.25, 0.3) is 0 Å². The summed E-state index contributed by atoms with van der Waals surface area (Å²) < 4.78 is 0. The maximum atomic E-state index is 4.36. The zero-order chi connectivity index (χ0) is 8.39. The van der Waals surface area contributed by atoms with Crippen LogP contribution in [-0.4, -0.2) is 6.21 Å². The van der Waals surface area contributed by atoms with Crippen LogP contribution in [0.5, 0.6) is 0 Å². The fourth-order valence-corrected chi connectivity index (χ4v) is 1.31. The summed E-state index contributed by atoms with van der Waals surface area (Å²) in [5, 5.41) is 0. The van der Waals surface area contributed by atoms with Crippen molar-refractivity contribution in [1.29, 1.82) is 0 Å². The van der Waals surface area contributed by atoms with Gasteiger partial charge in [-0.2, -0.15) is 0 Å². The van der Waals surface area contributed by atoms with Gasteiger partial charge < -0.3 is 0 Å². The third kappa shape index (κ3) is 1.30. The molecule has 1 aromatic carbocycles. The van der Waals surface area contributed by atoms with Crippen LogP contribution in [0.15, 0.2) is 29.3 Å². The predicted octanol–water partition coefficient (Wildman–Crippen LogP) is 3.11. The highest BCUT2D eigenvalue weighted by atomic mass is 14.7. The Kier molecular flexibility index (Phi) is 1.78. The molecule has 0 aliphatic carbocycles.